The number of rotatable bonds is 3. The fourth-order valence-electron chi connectivity index (χ4n) is 1.32. The molecule has 2 rings (SSSR count). The van der Waals surface area contributed by atoms with Crippen molar-refractivity contribution in [2.24, 2.45) is 0 Å². The minimum absolute atomic E-state index is 0.437. The van der Waals surface area contributed by atoms with Gasteiger partial charge in [0, 0.05) is 10.5 Å². The van der Waals surface area contributed by atoms with Crippen molar-refractivity contribution in [2.75, 3.05) is 0 Å². The molecule has 0 saturated heterocycles. The highest BCUT2D eigenvalue weighted by atomic mass is 79.9. The molecular formula is C11H13BrN2O. The summed E-state index contributed by atoms with van der Waals surface area (Å²) in [6.45, 7) is 4.86. The first kappa shape index (κ1) is 10.6. The summed E-state index contributed by atoms with van der Waals surface area (Å²) in [5.74, 6) is 0.733. The van der Waals surface area contributed by atoms with Crippen molar-refractivity contribution < 1.29 is 4.42 Å². The molecule has 0 unspecified atom stereocenters. The van der Waals surface area contributed by atoms with Gasteiger partial charge >= 0.3 is 0 Å². The molecule has 0 aliphatic heterocycles. The highest BCUT2D eigenvalue weighted by molar-refractivity contribution is 9.10. The number of fused-ring (bicyclic) bond motifs is 1. The van der Waals surface area contributed by atoms with Crippen LogP contribution in [-0.4, -0.2) is 11.0 Å². The Morgan fingerprint density at radius 1 is 1.47 bits per heavy atom. The lowest BCUT2D eigenvalue weighted by Crippen LogP contribution is -2.21. The second kappa shape index (κ2) is 4.33. The van der Waals surface area contributed by atoms with Gasteiger partial charge in [0.25, 0.3) is 0 Å². The molecule has 2 aromatic rings. The van der Waals surface area contributed by atoms with Crippen molar-refractivity contribution in [3.05, 3.63) is 28.6 Å². The normalized spacial score (nSPS) is 11.5. The van der Waals surface area contributed by atoms with Crippen molar-refractivity contribution in [1.29, 1.82) is 0 Å². The van der Waals surface area contributed by atoms with Gasteiger partial charge in [-0.3, -0.25) is 0 Å². The number of aromatic nitrogens is 1. The Morgan fingerprint density at radius 2 is 2.27 bits per heavy atom. The molecule has 1 aromatic heterocycles. The third-order valence-corrected chi connectivity index (χ3v) is 2.55. The molecule has 1 aromatic carbocycles. The van der Waals surface area contributed by atoms with Gasteiger partial charge in [0.2, 0.25) is 5.89 Å². The predicted molar refractivity (Wildman–Crippen MR) is 63.7 cm³/mol. The summed E-state index contributed by atoms with van der Waals surface area (Å²) in [7, 11) is 0. The first-order chi connectivity index (χ1) is 7.15. The summed E-state index contributed by atoms with van der Waals surface area (Å²) in [4.78, 5) is 4.39. The summed E-state index contributed by atoms with van der Waals surface area (Å²) < 4.78 is 6.60. The maximum atomic E-state index is 5.58. The molecule has 0 amide bonds. The van der Waals surface area contributed by atoms with Crippen LogP contribution >= 0.6 is 15.9 Å². The lowest BCUT2D eigenvalue weighted by molar-refractivity contribution is 0.472. The van der Waals surface area contributed by atoms with Gasteiger partial charge in [-0.25, -0.2) is 4.98 Å². The standard InChI is InChI=1S/C11H13BrN2O/c1-7(2)13-6-11-14-9-5-8(12)3-4-10(9)15-11/h3-5,7,13H,6H2,1-2H3. The zero-order chi connectivity index (χ0) is 10.8. The Labute approximate surface area is 97.0 Å². The molecule has 0 aliphatic carbocycles. The third-order valence-electron chi connectivity index (χ3n) is 2.06. The number of hydrogen-bond donors (Lipinski definition) is 1. The van der Waals surface area contributed by atoms with E-state index in [1.165, 1.54) is 0 Å². The lowest BCUT2D eigenvalue weighted by Gasteiger charge is -2.03. The van der Waals surface area contributed by atoms with Crippen molar-refractivity contribution in [1.82, 2.24) is 10.3 Å². The summed E-state index contributed by atoms with van der Waals surface area (Å²) in [5.41, 5.74) is 1.73. The first-order valence-corrected chi connectivity index (χ1v) is 5.73. The Hall–Kier alpha value is -0.870. The van der Waals surface area contributed by atoms with E-state index < -0.39 is 0 Å². The third kappa shape index (κ3) is 2.58. The van der Waals surface area contributed by atoms with Crippen LogP contribution in [0.25, 0.3) is 11.1 Å². The topological polar surface area (TPSA) is 38.1 Å². The number of halogens is 1. The van der Waals surface area contributed by atoms with E-state index in [0.29, 0.717) is 12.6 Å². The number of oxazole rings is 1. The summed E-state index contributed by atoms with van der Waals surface area (Å²) in [6.07, 6.45) is 0. The maximum Gasteiger partial charge on any atom is 0.209 e. The molecule has 80 valence electrons. The van der Waals surface area contributed by atoms with Crippen LogP contribution in [0, 0.1) is 0 Å². The van der Waals surface area contributed by atoms with E-state index in [1.807, 2.05) is 18.2 Å². The summed E-state index contributed by atoms with van der Waals surface area (Å²) >= 11 is 3.41. The minimum atomic E-state index is 0.437. The van der Waals surface area contributed by atoms with Gasteiger partial charge in [0.15, 0.2) is 5.58 Å². The zero-order valence-corrected chi connectivity index (χ0v) is 10.3. The van der Waals surface area contributed by atoms with Crippen molar-refractivity contribution in [3.63, 3.8) is 0 Å². The Bertz CT molecular complexity index is 465. The van der Waals surface area contributed by atoms with Crippen LogP contribution in [0.4, 0.5) is 0 Å². The van der Waals surface area contributed by atoms with Crippen molar-refractivity contribution >= 4 is 27.0 Å². The molecule has 0 bridgehead atoms. The molecule has 1 heterocycles. The lowest BCUT2D eigenvalue weighted by atomic mass is 10.3. The van der Waals surface area contributed by atoms with Crippen LogP contribution in [-0.2, 0) is 6.54 Å². The smallest absolute Gasteiger partial charge is 0.209 e. The molecule has 0 spiro atoms. The van der Waals surface area contributed by atoms with Crippen LogP contribution < -0.4 is 5.32 Å². The van der Waals surface area contributed by atoms with Gasteiger partial charge in [0.05, 0.1) is 6.54 Å². The largest absolute Gasteiger partial charge is 0.439 e. The van der Waals surface area contributed by atoms with E-state index in [1.54, 1.807) is 0 Å². The average Bonchev–Trinajstić information content (AvgIpc) is 2.56. The number of hydrogen-bond acceptors (Lipinski definition) is 3. The Kier molecular flexibility index (Phi) is 3.07. The van der Waals surface area contributed by atoms with Crippen LogP contribution in [0.1, 0.15) is 19.7 Å². The Morgan fingerprint density at radius 3 is 3.00 bits per heavy atom. The van der Waals surface area contributed by atoms with Gasteiger partial charge in [0.1, 0.15) is 5.52 Å². The SMILES string of the molecule is CC(C)NCc1nc2cc(Br)ccc2o1. The van der Waals surface area contributed by atoms with Gasteiger partial charge in [-0.05, 0) is 18.2 Å². The predicted octanol–water partition coefficient (Wildman–Crippen LogP) is 3.09. The fraction of sp³-hybridized carbons (Fsp3) is 0.364. The van der Waals surface area contributed by atoms with E-state index >= 15 is 0 Å². The fourth-order valence-corrected chi connectivity index (χ4v) is 1.66. The molecule has 15 heavy (non-hydrogen) atoms. The molecule has 0 aliphatic rings. The van der Waals surface area contributed by atoms with Crippen molar-refractivity contribution in [2.45, 2.75) is 26.4 Å². The van der Waals surface area contributed by atoms with Gasteiger partial charge < -0.3 is 9.73 Å². The highest BCUT2D eigenvalue weighted by Gasteiger charge is 2.05. The second-order valence-electron chi connectivity index (χ2n) is 3.76. The van der Waals surface area contributed by atoms with E-state index in [-0.39, 0.29) is 0 Å². The summed E-state index contributed by atoms with van der Waals surface area (Å²) in [5, 5.41) is 3.27. The van der Waals surface area contributed by atoms with Crippen LogP contribution in [0.2, 0.25) is 0 Å². The molecule has 0 atom stereocenters. The van der Waals surface area contributed by atoms with Gasteiger partial charge in [-0.2, -0.15) is 0 Å². The number of benzene rings is 1. The number of nitrogens with zero attached hydrogens (tertiary/aromatic N) is 1. The van der Waals surface area contributed by atoms with E-state index in [9.17, 15) is 0 Å². The van der Waals surface area contributed by atoms with Crippen molar-refractivity contribution in [3.8, 4) is 0 Å². The monoisotopic (exact) mass is 268 g/mol. The van der Waals surface area contributed by atoms with E-state index in [2.05, 4.69) is 40.1 Å². The van der Waals surface area contributed by atoms with Crippen LogP contribution in [0.3, 0.4) is 0 Å². The minimum Gasteiger partial charge on any atom is -0.439 e. The molecule has 1 N–H and O–H groups in total. The molecular weight excluding hydrogens is 256 g/mol. The maximum absolute atomic E-state index is 5.58. The number of nitrogens with one attached hydrogen (secondary N) is 1. The second-order valence-corrected chi connectivity index (χ2v) is 4.67. The molecule has 3 nitrogen and oxygen atoms in total. The Balaban J connectivity index is 2.23. The summed E-state index contributed by atoms with van der Waals surface area (Å²) in [6, 6.07) is 6.27. The van der Waals surface area contributed by atoms with Crippen LogP contribution in [0.15, 0.2) is 27.1 Å². The highest BCUT2D eigenvalue weighted by Crippen LogP contribution is 2.20. The first-order valence-electron chi connectivity index (χ1n) is 4.93. The zero-order valence-electron chi connectivity index (χ0n) is 8.75. The molecule has 0 saturated carbocycles. The quantitative estimate of drug-likeness (QED) is 0.930. The van der Waals surface area contributed by atoms with E-state index in [0.717, 1.165) is 21.5 Å². The van der Waals surface area contributed by atoms with Crippen LogP contribution in [0.5, 0.6) is 0 Å². The van der Waals surface area contributed by atoms with Gasteiger partial charge in [-0.15, -0.1) is 0 Å². The molecule has 4 heteroatoms. The molecule has 0 radical (unpaired) electrons. The van der Waals surface area contributed by atoms with E-state index in [4.69, 9.17) is 4.42 Å². The molecule has 0 fully saturated rings. The average molecular weight is 269 g/mol. The van der Waals surface area contributed by atoms with Gasteiger partial charge in [-0.1, -0.05) is 29.8 Å².